The molecule has 7 heteroatoms. The summed E-state index contributed by atoms with van der Waals surface area (Å²) in [5.41, 5.74) is 2.19. The van der Waals surface area contributed by atoms with Crippen molar-refractivity contribution in [3.8, 4) is 5.75 Å². The van der Waals surface area contributed by atoms with Gasteiger partial charge in [0.1, 0.15) is 5.75 Å². The minimum absolute atomic E-state index is 0.0283. The number of thioether (sulfide) groups is 1. The maximum Gasteiger partial charge on any atom is 0.257 e. The Labute approximate surface area is 150 Å². The molecule has 25 heavy (non-hydrogen) atoms. The van der Waals surface area contributed by atoms with Crippen molar-refractivity contribution >= 4 is 23.4 Å². The number of ether oxygens (including phenoxy) is 1. The zero-order valence-electron chi connectivity index (χ0n) is 14.5. The van der Waals surface area contributed by atoms with E-state index in [4.69, 9.17) is 4.74 Å². The molecule has 2 heterocycles. The fraction of sp³-hybridized carbons (Fsp3) is 0.389. The Bertz CT molecular complexity index is 846. The molecular weight excluding hydrogens is 338 g/mol. The fourth-order valence-corrected chi connectivity index (χ4v) is 4.00. The van der Waals surface area contributed by atoms with Gasteiger partial charge in [-0.25, -0.2) is 4.98 Å². The first kappa shape index (κ1) is 17.5. The smallest absolute Gasteiger partial charge is 0.257 e. The molecule has 1 aromatic heterocycles. The number of carbonyl (C=O) groups is 1. The van der Waals surface area contributed by atoms with Gasteiger partial charge in [-0.2, -0.15) is 0 Å². The van der Waals surface area contributed by atoms with E-state index < -0.39 is 0 Å². The van der Waals surface area contributed by atoms with Crippen molar-refractivity contribution < 1.29 is 9.53 Å². The number of methoxy groups -OCH3 is 1. The number of rotatable bonds is 4. The molecule has 1 atom stereocenters. The second-order valence-corrected chi connectivity index (χ2v) is 6.94. The van der Waals surface area contributed by atoms with E-state index in [0.29, 0.717) is 29.6 Å². The highest BCUT2D eigenvalue weighted by atomic mass is 32.2. The molecule has 0 saturated heterocycles. The molecule has 0 spiro atoms. The Balaban J connectivity index is 1.77. The summed E-state index contributed by atoms with van der Waals surface area (Å²) in [7, 11) is 1.60. The number of hydrogen-bond donors (Lipinski definition) is 1. The SMILES string of the molecule is CCc1c(C)nc2n(c1=O)CC(C(=O)Nc1ccc(OC)cc1)CS2. The summed E-state index contributed by atoms with van der Waals surface area (Å²) in [4.78, 5) is 29.7. The third kappa shape index (κ3) is 3.56. The predicted molar refractivity (Wildman–Crippen MR) is 98.4 cm³/mol. The molecule has 1 amide bonds. The monoisotopic (exact) mass is 359 g/mol. The lowest BCUT2D eigenvalue weighted by Gasteiger charge is -2.25. The summed E-state index contributed by atoms with van der Waals surface area (Å²) in [5, 5.41) is 3.61. The van der Waals surface area contributed by atoms with Crippen molar-refractivity contribution in [3.63, 3.8) is 0 Å². The molecule has 132 valence electrons. The Kier molecular flexibility index (Phi) is 5.13. The first-order valence-corrected chi connectivity index (χ1v) is 9.20. The predicted octanol–water partition coefficient (Wildman–Crippen LogP) is 2.48. The Hall–Kier alpha value is -2.28. The second-order valence-electron chi connectivity index (χ2n) is 5.95. The lowest BCUT2D eigenvalue weighted by atomic mass is 10.1. The average Bonchev–Trinajstić information content (AvgIpc) is 2.62. The largest absolute Gasteiger partial charge is 0.497 e. The molecule has 0 fully saturated rings. The van der Waals surface area contributed by atoms with Crippen LogP contribution in [-0.4, -0.2) is 28.3 Å². The summed E-state index contributed by atoms with van der Waals surface area (Å²) in [5.74, 6) is 0.986. The number of anilines is 1. The van der Waals surface area contributed by atoms with Gasteiger partial charge in [0.2, 0.25) is 5.91 Å². The van der Waals surface area contributed by atoms with Crippen LogP contribution in [0.1, 0.15) is 18.2 Å². The number of aromatic nitrogens is 2. The molecule has 1 aromatic carbocycles. The van der Waals surface area contributed by atoms with Crippen LogP contribution in [0, 0.1) is 12.8 Å². The highest BCUT2D eigenvalue weighted by Gasteiger charge is 2.28. The van der Waals surface area contributed by atoms with Gasteiger partial charge in [0.15, 0.2) is 5.16 Å². The third-order valence-corrected chi connectivity index (χ3v) is 5.47. The molecule has 0 bridgehead atoms. The van der Waals surface area contributed by atoms with Crippen LogP contribution >= 0.6 is 11.8 Å². The molecular formula is C18H21N3O3S. The normalized spacial score (nSPS) is 16.2. The van der Waals surface area contributed by atoms with E-state index in [2.05, 4.69) is 10.3 Å². The minimum Gasteiger partial charge on any atom is -0.497 e. The topological polar surface area (TPSA) is 73.2 Å². The van der Waals surface area contributed by atoms with E-state index in [1.54, 1.807) is 35.9 Å². The fourth-order valence-electron chi connectivity index (χ4n) is 2.88. The number of fused-ring (bicyclic) bond motifs is 1. The van der Waals surface area contributed by atoms with Gasteiger partial charge in [0.05, 0.1) is 13.0 Å². The van der Waals surface area contributed by atoms with Crippen molar-refractivity contribution in [2.75, 3.05) is 18.2 Å². The maximum atomic E-state index is 12.6. The molecule has 1 aliphatic rings. The van der Waals surface area contributed by atoms with Gasteiger partial charge >= 0.3 is 0 Å². The van der Waals surface area contributed by atoms with E-state index in [0.717, 1.165) is 17.0 Å². The van der Waals surface area contributed by atoms with Crippen molar-refractivity contribution in [1.82, 2.24) is 9.55 Å². The van der Waals surface area contributed by atoms with Crippen molar-refractivity contribution in [2.45, 2.75) is 32.0 Å². The third-order valence-electron chi connectivity index (χ3n) is 4.33. The van der Waals surface area contributed by atoms with Gasteiger partial charge in [0, 0.05) is 29.2 Å². The Morgan fingerprint density at radius 3 is 2.76 bits per heavy atom. The number of aryl methyl sites for hydroxylation is 1. The summed E-state index contributed by atoms with van der Waals surface area (Å²) >= 11 is 1.46. The summed E-state index contributed by atoms with van der Waals surface area (Å²) in [6, 6.07) is 7.19. The number of carbonyl (C=O) groups excluding carboxylic acids is 1. The highest BCUT2D eigenvalue weighted by molar-refractivity contribution is 7.99. The van der Waals surface area contributed by atoms with Crippen LogP contribution in [0.15, 0.2) is 34.2 Å². The number of benzene rings is 1. The van der Waals surface area contributed by atoms with Crippen LogP contribution in [0.4, 0.5) is 5.69 Å². The van der Waals surface area contributed by atoms with Gasteiger partial charge in [-0.1, -0.05) is 18.7 Å². The average molecular weight is 359 g/mol. The van der Waals surface area contributed by atoms with Crippen LogP contribution in [-0.2, 0) is 17.8 Å². The number of amides is 1. The zero-order chi connectivity index (χ0) is 18.0. The first-order chi connectivity index (χ1) is 12.0. The van der Waals surface area contributed by atoms with Crippen molar-refractivity contribution in [1.29, 1.82) is 0 Å². The molecule has 1 unspecified atom stereocenters. The minimum atomic E-state index is -0.272. The molecule has 6 nitrogen and oxygen atoms in total. The number of nitrogens with zero attached hydrogens (tertiary/aromatic N) is 2. The van der Waals surface area contributed by atoms with Gasteiger partial charge in [-0.15, -0.1) is 0 Å². The molecule has 0 saturated carbocycles. The van der Waals surface area contributed by atoms with E-state index >= 15 is 0 Å². The van der Waals surface area contributed by atoms with Gasteiger partial charge < -0.3 is 10.1 Å². The van der Waals surface area contributed by atoms with E-state index in [1.165, 1.54) is 11.8 Å². The van der Waals surface area contributed by atoms with Crippen LogP contribution in [0.2, 0.25) is 0 Å². The molecule has 0 aliphatic carbocycles. The summed E-state index contributed by atoms with van der Waals surface area (Å²) in [6.45, 7) is 4.18. The highest BCUT2D eigenvalue weighted by Crippen LogP contribution is 2.27. The van der Waals surface area contributed by atoms with E-state index in [-0.39, 0.29) is 17.4 Å². The first-order valence-electron chi connectivity index (χ1n) is 8.21. The molecule has 1 aliphatic heterocycles. The lowest BCUT2D eigenvalue weighted by molar-refractivity contribution is -0.119. The number of hydrogen-bond acceptors (Lipinski definition) is 5. The summed E-state index contributed by atoms with van der Waals surface area (Å²) in [6.07, 6.45) is 0.644. The van der Waals surface area contributed by atoms with Crippen molar-refractivity contribution in [3.05, 3.63) is 45.9 Å². The molecule has 0 radical (unpaired) electrons. The van der Waals surface area contributed by atoms with Crippen LogP contribution in [0.5, 0.6) is 5.75 Å². The molecule has 1 N–H and O–H groups in total. The quantitative estimate of drug-likeness (QED) is 0.849. The molecule has 3 rings (SSSR count). The van der Waals surface area contributed by atoms with Gasteiger partial charge in [0.25, 0.3) is 5.56 Å². The number of nitrogens with one attached hydrogen (secondary N) is 1. The van der Waals surface area contributed by atoms with Crippen LogP contribution in [0.3, 0.4) is 0 Å². The van der Waals surface area contributed by atoms with Gasteiger partial charge in [-0.3, -0.25) is 14.2 Å². The Morgan fingerprint density at radius 1 is 1.40 bits per heavy atom. The van der Waals surface area contributed by atoms with Gasteiger partial charge in [-0.05, 0) is 37.6 Å². The molecule has 2 aromatic rings. The Morgan fingerprint density at radius 2 is 2.12 bits per heavy atom. The van der Waals surface area contributed by atoms with Crippen LogP contribution in [0.25, 0.3) is 0 Å². The standard InChI is InChI=1S/C18H21N3O3S/c1-4-15-11(2)19-18-21(17(15)23)9-12(10-25-18)16(22)20-13-5-7-14(24-3)8-6-13/h5-8,12H,4,9-10H2,1-3H3,(H,20,22). The lowest BCUT2D eigenvalue weighted by Crippen LogP contribution is -2.38. The van der Waals surface area contributed by atoms with Crippen LogP contribution < -0.4 is 15.6 Å². The second kappa shape index (κ2) is 7.31. The van der Waals surface area contributed by atoms with Crippen molar-refractivity contribution in [2.24, 2.45) is 5.92 Å². The summed E-state index contributed by atoms with van der Waals surface area (Å²) < 4.78 is 6.75. The zero-order valence-corrected chi connectivity index (χ0v) is 15.4. The van der Waals surface area contributed by atoms with E-state index in [1.807, 2.05) is 13.8 Å². The van der Waals surface area contributed by atoms with E-state index in [9.17, 15) is 9.59 Å². The maximum absolute atomic E-state index is 12.6.